The lowest BCUT2D eigenvalue weighted by Crippen LogP contribution is -2.28. The van der Waals surface area contributed by atoms with E-state index in [9.17, 15) is 27.2 Å². The zero-order chi connectivity index (χ0) is 29.1. The van der Waals surface area contributed by atoms with Crippen LogP contribution in [0.25, 0.3) is 0 Å². The number of benzene rings is 3. The lowest BCUT2D eigenvalue weighted by atomic mass is 10.1. The summed E-state index contributed by atoms with van der Waals surface area (Å²) in [7, 11) is 0. The smallest absolute Gasteiger partial charge is 0.281 e. The number of rotatable bonds is 8. The van der Waals surface area contributed by atoms with E-state index in [0.29, 0.717) is 34.8 Å². The molecular formula is C27H19F4N5O3S2. The first-order valence-electron chi connectivity index (χ1n) is 12.1. The number of hydrazone groups is 1. The van der Waals surface area contributed by atoms with Crippen molar-refractivity contribution in [1.29, 1.82) is 0 Å². The first kappa shape index (κ1) is 28.2. The Morgan fingerprint density at radius 1 is 0.976 bits per heavy atom. The summed E-state index contributed by atoms with van der Waals surface area (Å²) in [6, 6.07) is 12.5. The molecule has 1 aliphatic rings. The fourth-order valence-electron chi connectivity index (χ4n) is 3.82. The molecule has 1 atom stereocenters. The van der Waals surface area contributed by atoms with Crippen LogP contribution in [0.3, 0.4) is 0 Å². The van der Waals surface area contributed by atoms with Gasteiger partial charge in [0.15, 0.2) is 6.61 Å². The molecule has 0 aliphatic carbocycles. The maximum atomic E-state index is 14.6. The fourth-order valence-corrected chi connectivity index (χ4v) is 5.70. The van der Waals surface area contributed by atoms with E-state index in [4.69, 9.17) is 4.74 Å². The van der Waals surface area contributed by atoms with Crippen molar-refractivity contribution in [1.82, 2.24) is 15.2 Å². The minimum Gasteiger partial charge on any atom is -0.483 e. The predicted octanol–water partition coefficient (Wildman–Crippen LogP) is 5.92. The summed E-state index contributed by atoms with van der Waals surface area (Å²) in [6.07, 6.45) is 0.666. The molecule has 0 spiro atoms. The quantitative estimate of drug-likeness (QED) is 0.252. The normalized spacial score (nSPS) is 14.6. The Morgan fingerprint density at radius 2 is 1.68 bits per heavy atom. The molecule has 0 saturated carbocycles. The number of amides is 2. The third-order valence-corrected chi connectivity index (χ3v) is 7.92. The molecule has 1 unspecified atom stereocenters. The first-order chi connectivity index (χ1) is 19.7. The second-order valence-corrected chi connectivity index (χ2v) is 10.6. The van der Waals surface area contributed by atoms with Crippen molar-refractivity contribution in [2.45, 2.75) is 18.7 Å². The van der Waals surface area contributed by atoms with Gasteiger partial charge in [0.25, 0.3) is 11.8 Å². The number of hydrogen-bond donors (Lipinski definition) is 1. The molecule has 4 aromatic rings. The van der Waals surface area contributed by atoms with Crippen LogP contribution in [0.15, 0.2) is 65.8 Å². The van der Waals surface area contributed by atoms with Gasteiger partial charge in [0.05, 0.1) is 0 Å². The first-order valence-corrected chi connectivity index (χ1v) is 13.8. The number of nitrogens with one attached hydrogen (secondary N) is 1. The largest absolute Gasteiger partial charge is 0.483 e. The van der Waals surface area contributed by atoms with Gasteiger partial charge in [-0.25, -0.2) is 22.6 Å². The van der Waals surface area contributed by atoms with E-state index in [-0.39, 0.29) is 10.8 Å². The Balaban J connectivity index is 1.44. The Kier molecular flexibility index (Phi) is 8.31. The molecule has 0 saturated heterocycles. The Bertz CT molecular complexity index is 1630. The number of para-hydroxylation sites is 1. The van der Waals surface area contributed by atoms with Gasteiger partial charge in [-0.2, -0.15) is 5.10 Å². The van der Waals surface area contributed by atoms with Crippen LogP contribution in [0.5, 0.6) is 5.75 Å². The zero-order valence-electron chi connectivity index (χ0n) is 21.1. The molecule has 14 heteroatoms. The maximum Gasteiger partial charge on any atom is 0.281 e. The van der Waals surface area contributed by atoms with Crippen molar-refractivity contribution in [2.24, 2.45) is 5.10 Å². The van der Waals surface area contributed by atoms with Crippen molar-refractivity contribution < 1.29 is 31.9 Å². The van der Waals surface area contributed by atoms with Crippen LogP contribution >= 0.6 is 23.1 Å². The SMILES string of the molecule is CCc1nnc(NC(=O)COc2ccccc2C2SC(c3ccc(F)cc3)=NN2C(=O)c2c(F)cc(F)cc2F)s1. The Morgan fingerprint density at radius 3 is 2.37 bits per heavy atom. The molecular weight excluding hydrogens is 582 g/mol. The van der Waals surface area contributed by atoms with Crippen LogP contribution < -0.4 is 10.1 Å². The van der Waals surface area contributed by atoms with Gasteiger partial charge in [-0.05, 0) is 36.8 Å². The van der Waals surface area contributed by atoms with Crippen molar-refractivity contribution >= 4 is 45.1 Å². The lowest BCUT2D eigenvalue weighted by molar-refractivity contribution is -0.118. The van der Waals surface area contributed by atoms with Crippen LogP contribution in [0.1, 0.15) is 38.8 Å². The molecule has 41 heavy (non-hydrogen) atoms. The molecule has 2 amide bonds. The summed E-state index contributed by atoms with van der Waals surface area (Å²) in [6.45, 7) is 1.49. The van der Waals surface area contributed by atoms with Crippen molar-refractivity contribution in [3.63, 3.8) is 0 Å². The molecule has 8 nitrogen and oxygen atoms in total. The number of hydrogen-bond acceptors (Lipinski definition) is 8. The summed E-state index contributed by atoms with van der Waals surface area (Å²) in [5.74, 6) is -5.96. The van der Waals surface area contributed by atoms with Gasteiger partial charge in [0.2, 0.25) is 5.13 Å². The molecule has 1 aromatic heterocycles. The molecule has 1 N–H and O–H groups in total. The van der Waals surface area contributed by atoms with E-state index in [0.717, 1.165) is 21.8 Å². The van der Waals surface area contributed by atoms with Gasteiger partial charge in [-0.15, -0.1) is 10.2 Å². The zero-order valence-corrected chi connectivity index (χ0v) is 22.7. The monoisotopic (exact) mass is 601 g/mol. The van der Waals surface area contributed by atoms with E-state index in [1.165, 1.54) is 35.6 Å². The van der Waals surface area contributed by atoms with Gasteiger partial charge in [0, 0.05) is 23.3 Å². The summed E-state index contributed by atoms with van der Waals surface area (Å²) < 4.78 is 62.0. The van der Waals surface area contributed by atoms with E-state index >= 15 is 0 Å². The second kappa shape index (κ2) is 12.1. The topological polar surface area (TPSA) is 96.8 Å². The lowest BCUT2D eigenvalue weighted by Gasteiger charge is -2.23. The minimum atomic E-state index is -1.40. The predicted molar refractivity (Wildman–Crippen MR) is 146 cm³/mol. The standard InChI is InChI=1S/C27H19F4N5O3S2/c1-2-22-33-34-27(40-22)32-21(37)13-39-20-6-4-3-5-17(20)26-36(25(38)23-18(30)11-16(29)12-19(23)31)35-24(41-26)14-7-9-15(28)10-8-14/h3-12,26H,2,13H2,1H3,(H,32,34,37). The molecule has 0 fully saturated rings. The number of carbonyl (C=O) groups excluding carboxylic acids is 2. The highest BCUT2D eigenvalue weighted by Gasteiger charge is 2.38. The van der Waals surface area contributed by atoms with Gasteiger partial charge >= 0.3 is 0 Å². The minimum absolute atomic E-state index is 0.195. The molecule has 3 aromatic carbocycles. The molecule has 2 heterocycles. The van der Waals surface area contributed by atoms with Crippen molar-refractivity contribution in [3.05, 3.63) is 106 Å². The van der Waals surface area contributed by atoms with Crippen LogP contribution in [0.4, 0.5) is 22.7 Å². The summed E-state index contributed by atoms with van der Waals surface area (Å²) >= 11 is 2.27. The van der Waals surface area contributed by atoms with Crippen LogP contribution in [0.2, 0.25) is 0 Å². The van der Waals surface area contributed by atoms with Crippen molar-refractivity contribution in [3.8, 4) is 5.75 Å². The Hall–Kier alpha value is -4.30. The van der Waals surface area contributed by atoms with E-state index in [1.807, 2.05) is 6.92 Å². The van der Waals surface area contributed by atoms with Crippen LogP contribution in [-0.2, 0) is 11.2 Å². The average Bonchev–Trinajstić information content (AvgIpc) is 3.59. The summed E-state index contributed by atoms with van der Waals surface area (Å²) in [5, 5.41) is 15.9. The highest BCUT2D eigenvalue weighted by Crippen LogP contribution is 2.45. The van der Waals surface area contributed by atoms with E-state index in [1.54, 1.807) is 24.3 Å². The molecule has 0 bridgehead atoms. The number of halogens is 4. The number of carbonyl (C=O) groups is 2. The van der Waals surface area contributed by atoms with Gasteiger partial charge in [-0.1, -0.05) is 48.2 Å². The average molecular weight is 602 g/mol. The van der Waals surface area contributed by atoms with Crippen LogP contribution in [-0.4, -0.2) is 38.7 Å². The van der Waals surface area contributed by atoms with Crippen molar-refractivity contribution in [2.75, 3.05) is 11.9 Å². The molecule has 5 rings (SSSR count). The fraction of sp³-hybridized carbons (Fsp3) is 0.148. The number of aromatic nitrogens is 2. The summed E-state index contributed by atoms with van der Waals surface area (Å²) in [5.41, 5.74) is -0.202. The highest BCUT2D eigenvalue weighted by molar-refractivity contribution is 8.14. The summed E-state index contributed by atoms with van der Waals surface area (Å²) in [4.78, 5) is 26.0. The number of thioether (sulfide) groups is 1. The molecule has 1 aliphatic heterocycles. The number of ether oxygens (including phenoxy) is 1. The number of nitrogens with zero attached hydrogens (tertiary/aromatic N) is 4. The second-order valence-electron chi connectivity index (χ2n) is 8.51. The third-order valence-electron chi connectivity index (χ3n) is 5.72. The van der Waals surface area contributed by atoms with Gasteiger partial charge in [-0.3, -0.25) is 14.9 Å². The Labute approximate surface area is 239 Å². The third kappa shape index (κ3) is 6.23. The highest BCUT2D eigenvalue weighted by atomic mass is 32.2. The van der Waals surface area contributed by atoms with E-state index in [2.05, 4.69) is 20.6 Å². The van der Waals surface area contributed by atoms with Gasteiger partial charge < -0.3 is 4.74 Å². The maximum absolute atomic E-state index is 14.6. The number of anilines is 1. The van der Waals surface area contributed by atoms with Crippen LogP contribution in [0, 0.1) is 23.3 Å². The number of aryl methyl sites for hydroxylation is 1. The molecule has 0 radical (unpaired) electrons. The van der Waals surface area contributed by atoms with Gasteiger partial charge in [0.1, 0.15) is 50.0 Å². The van der Waals surface area contributed by atoms with E-state index < -0.39 is 52.6 Å². The molecule has 210 valence electrons.